The summed E-state index contributed by atoms with van der Waals surface area (Å²) in [6.07, 6.45) is 2.90. The molecule has 4 nitrogen and oxygen atoms in total. The van der Waals surface area contributed by atoms with Crippen molar-refractivity contribution in [2.75, 3.05) is 0 Å². The van der Waals surface area contributed by atoms with Crippen molar-refractivity contribution in [3.63, 3.8) is 0 Å². The standard InChI is InChI=1S/C6H7ClN2O2S/c1-5-2-9-6(3-8-5)4-12(7,10)11/h2-3H,4H2,1H3. The van der Waals surface area contributed by atoms with E-state index in [1.165, 1.54) is 12.4 Å². The van der Waals surface area contributed by atoms with Gasteiger partial charge in [0.1, 0.15) is 5.75 Å². The first kappa shape index (κ1) is 9.41. The summed E-state index contributed by atoms with van der Waals surface area (Å²) in [5, 5.41) is 0. The van der Waals surface area contributed by atoms with E-state index in [9.17, 15) is 8.42 Å². The van der Waals surface area contributed by atoms with E-state index in [1.807, 2.05) is 0 Å². The van der Waals surface area contributed by atoms with Crippen LogP contribution in [0.4, 0.5) is 0 Å². The molecule has 0 aromatic carbocycles. The molecule has 0 aliphatic carbocycles. The minimum Gasteiger partial charge on any atom is -0.258 e. The van der Waals surface area contributed by atoms with Gasteiger partial charge in [0.2, 0.25) is 9.05 Å². The summed E-state index contributed by atoms with van der Waals surface area (Å²) in [4.78, 5) is 7.72. The average molecular weight is 207 g/mol. The Balaban J connectivity index is 2.85. The van der Waals surface area contributed by atoms with Crippen LogP contribution in [0.25, 0.3) is 0 Å². The molecular weight excluding hydrogens is 200 g/mol. The molecule has 6 heteroatoms. The lowest BCUT2D eigenvalue weighted by Crippen LogP contribution is -1.99. The summed E-state index contributed by atoms with van der Waals surface area (Å²) >= 11 is 0. The molecule has 0 spiro atoms. The van der Waals surface area contributed by atoms with Crippen LogP contribution in [0.3, 0.4) is 0 Å². The van der Waals surface area contributed by atoms with Crippen LogP contribution in [0.15, 0.2) is 12.4 Å². The van der Waals surface area contributed by atoms with Crippen LogP contribution in [0.2, 0.25) is 0 Å². The zero-order chi connectivity index (χ0) is 9.19. The van der Waals surface area contributed by atoms with Gasteiger partial charge in [-0.1, -0.05) is 0 Å². The van der Waals surface area contributed by atoms with E-state index in [1.54, 1.807) is 6.92 Å². The fourth-order valence-corrected chi connectivity index (χ4v) is 1.51. The molecule has 0 unspecified atom stereocenters. The predicted octanol–water partition coefficient (Wildman–Crippen LogP) is 0.854. The van der Waals surface area contributed by atoms with Crippen molar-refractivity contribution >= 4 is 19.7 Å². The number of aromatic nitrogens is 2. The lowest BCUT2D eigenvalue weighted by Gasteiger charge is -1.95. The zero-order valence-electron chi connectivity index (χ0n) is 6.36. The largest absolute Gasteiger partial charge is 0.258 e. The van der Waals surface area contributed by atoms with E-state index in [4.69, 9.17) is 10.7 Å². The molecule has 1 aromatic heterocycles. The van der Waals surface area contributed by atoms with Crippen molar-refractivity contribution in [3.8, 4) is 0 Å². The molecule has 0 bridgehead atoms. The lowest BCUT2D eigenvalue weighted by atomic mass is 10.4. The van der Waals surface area contributed by atoms with Crippen LogP contribution in [-0.2, 0) is 14.8 Å². The highest BCUT2D eigenvalue weighted by Gasteiger charge is 2.07. The highest BCUT2D eigenvalue weighted by Crippen LogP contribution is 2.05. The molecule has 1 rings (SSSR count). The first-order chi connectivity index (χ1) is 5.47. The molecule has 0 saturated heterocycles. The van der Waals surface area contributed by atoms with Gasteiger partial charge in [0, 0.05) is 23.1 Å². The van der Waals surface area contributed by atoms with Crippen molar-refractivity contribution < 1.29 is 8.42 Å². The normalized spacial score (nSPS) is 11.5. The van der Waals surface area contributed by atoms with Crippen LogP contribution < -0.4 is 0 Å². The Hall–Kier alpha value is -0.680. The quantitative estimate of drug-likeness (QED) is 0.674. The first-order valence-corrected chi connectivity index (χ1v) is 5.65. The fourth-order valence-electron chi connectivity index (χ4n) is 0.670. The number of halogens is 1. The first-order valence-electron chi connectivity index (χ1n) is 3.17. The smallest absolute Gasteiger partial charge is 0.238 e. The van der Waals surface area contributed by atoms with Gasteiger partial charge in [-0.2, -0.15) is 0 Å². The molecular formula is C6H7ClN2O2S. The lowest BCUT2D eigenvalue weighted by molar-refractivity contribution is 0.608. The van der Waals surface area contributed by atoms with Crippen LogP contribution >= 0.6 is 10.7 Å². The van der Waals surface area contributed by atoms with E-state index in [0.717, 1.165) is 5.69 Å². The molecule has 0 aliphatic rings. The summed E-state index contributed by atoms with van der Waals surface area (Å²) in [5.74, 6) is -0.276. The van der Waals surface area contributed by atoms with Crippen LogP contribution in [0, 0.1) is 6.92 Å². The second kappa shape index (κ2) is 3.37. The van der Waals surface area contributed by atoms with Crippen molar-refractivity contribution in [3.05, 3.63) is 23.8 Å². The summed E-state index contributed by atoms with van der Waals surface area (Å²) in [7, 11) is 1.49. The molecule has 0 fully saturated rings. The Morgan fingerprint density at radius 1 is 1.42 bits per heavy atom. The molecule has 0 radical (unpaired) electrons. The van der Waals surface area contributed by atoms with Crippen LogP contribution in [-0.4, -0.2) is 18.4 Å². The maximum atomic E-state index is 10.6. The molecule has 0 amide bonds. The monoisotopic (exact) mass is 206 g/mol. The number of rotatable bonds is 2. The molecule has 0 atom stereocenters. The van der Waals surface area contributed by atoms with E-state index >= 15 is 0 Å². The minimum atomic E-state index is -3.52. The molecule has 66 valence electrons. The zero-order valence-corrected chi connectivity index (χ0v) is 7.93. The van der Waals surface area contributed by atoms with Gasteiger partial charge in [-0.3, -0.25) is 9.97 Å². The van der Waals surface area contributed by atoms with Gasteiger partial charge in [0.05, 0.1) is 11.4 Å². The summed E-state index contributed by atoms with van der Waals surface area (Å²) < 4.78 is 21.2. The number of hydrogen-bond donors (Lipinski definition) is 0. The maximum Gasteiger partial charge on any atom is 0.238 e. The van der Waals surface area contributed by atoms with Gasteiger partial charge in [0.25, 0.3) is 0 Å². The molecule has 0 saturated carbocycles. The third-order valence-electron chi connectivity index (χ3n) is 1.15. The van der Waals surface area contributed by atoms with Crippen molar-refractivity contribution in [2.45, 2.75) is 12.7 Å². The maximum absolute atomic E-state index is 10.6. The molecule has 1 heterocycles. The average Bonchev–Trinajstić information content (AvgIpc) is 1.91. The van der Waals surface area contributed by atoms with E-state index in [0.29, 0.717) is 5.69 Å². The van der Waals surface area contributed by atoms with E-state index < -0.39 is 9.05 Å². The highest BCUT2D eigenvalue weighted by molar-refractivity contribution is 8.13. The molecule has 0 aliphatic heterocycles. The summed E-state index contributed by atoms with van der Waals surface area (Å²) in [5.41, 5.74) is 1.10. The Bertz CT molecular complexity index is 360. The van der Waals surface area contributed by atoms with Crippen molar-refractivity contribution in [1.82, 2.24) is 9.97 Å². The SMILES string of the molecule is Cc1cnc(CS(=O)(=O)Cl)cn1. The van der Waals surface area contributed by atoms with Gasteiger partial charge in [-0.15, -0.1) is 0 Å². The van der Waals surface area contributed by atoms with Gasteiger partial charge in [-0.05, 0) is 6.92 Å². The Kier molecular flexibility index (Phi) is 2.64. The Morgan fingerprint density at radius 3 is 2.50 bits per heavy atom. The van der Waals surface area contributed by atoms with E-state index in [2.05, 4.69) is 9.97 Å². The highest BCUT2D eigenvalue weighted by atomic mass is 35.7. The number of nitrogens with zero attached hydrogens (tertiary/aromatic N) is 2. The molecule has 1 aromatic rings. The summed E-state index contributed by atoms with van der Waals surface area (Å²) in [6.45, 7) is 1.77. The second-order valence-electron chi connectivity index (χ2n) is 2.33. The van der Waals surface area contributed by atoms with Gasteiger partial charge in [0.15, 0.2) is 0 Å². The van der Waals surface area contributed by atoms with Crippen LogP contribution in [0.1, 0.15) is 11.4 Å². The van der Waals surface area contributed by atoms with Gasteiger partial charge >= 0.3 is 0 Å². The number of hydrogen-bond acceptors (Lipinski definition) is 4. The predicted molar refractivity (Wildman–Crippen MR) is 45.2 cm³/mol. The fraction of sp³-hybridized carbons (Fsp3) is 0.333. The third-order valence-corrected chi connectivity index (χ3v) is 2.12. The topological polar surface area (TPSA) is 59.9 Å². The number of aryl methyl sites for hydroxylation is 1. The van der Waals surface area contributed by atoms with Gasteiger partial charge < -0.3 is 0 Å². The Labute approximate surface area is 75.0 Å². The van der Waals surface area contributed by atoms with Crippen LogP contribution in [0.5, 0.6) is 0 Å². The van der Waals surface area contributed by atoms with Gasteiger partial charge in [-0.25, -0.2) is 8.42 Å². The molecule has 12 heavy (non-hydrogen) atoms. The minimum absolute atomic E-state index is 0.276. The van der Waals surface area contributed by atoms with E-state index in [-0.39, 0.29) is 5.75 Å². The third kappa shape index (κ3) is 3.15. The summed E-state index contributed by atoms with van der Waals surface area (Å²) in [6, 6.07) is 0. The molecule has 0 N–H and O–H groups in total. The second-order valence-corrected chi connectivity index (χ2v) is 5.11. The van der Waals surface area contributed by atoms with Crippen molar-refractivity contribution in [1.29, 1.82) is 0 Å². The Morgan fingerprint density at radius 2 is 2.08 bits per heavy atom. The van der Waals surface area contributed by atoms with Crippen molar-refractivity contribution in [2.24, 2.45) is 0 Å².